The third-order valence-electron chi connectivity index (χ3n) is 3.76. The predicted octanol–water partition coefficient (Wildman–Crippen LogP) is 1.53. The average Bonchev–Trinajstić information content (AvgIpc) is 2.68. The van der Waals surface area contributed by atoms with Gasteiger partial charge in [0.15, 0.2) is 0 Å². The van der Waals surface area contributed by atoms with Gasteiger partial charge in [0.1, 0.15) is 6.04 Å². The molecule has 5 heteroatoms. The number of nitrogens with zero attached hydrogens (tertiary/aromatic N) is 2. The topological polar surface area (TPSA) is 58.8 Å². The Labute approximate surface area is 120 Å². The second-order valence-electron chi connectivity index (χ2n) is 4.89. The van der Waals surface area contributed by atoms with Crippen LogP contribution in [0.25, 0.3) is 0 Å². The first-order valence-electron chi connectivity index (χ1n) is 7.09. The molecule has 1 amide bonds. The van der Waals surface area contributed by atoms with E-state index in [1.54, 1.807) is 11.9 Å². The number of carbonyl (C=O) groups is 1. The summed E-state index contributed by atoms with van der Waals surface area (Å²) in [6, 6.07) is 5.50. The van der Waals surface area contributed by atoms with Gasteiger partial charge < -0.3 is 20.3 Å². The second-order valence-corrected chi connectivity index (χ2v) is 4.89. The van der Waals surface area contributed by atoms with Gasteiger partial charge >= 0.3 is 0 Å². The number of benzene rings is 1. The largest absolute Gasteiger partial charge is 0.380 e. The van der Waals surface area contributed by atoms with E-state index in [0.717, 1.165) is 36.6 Å². The Morgan fingerprint density at radius 3 is 2.80 bits per heavy atom. The highest BCUT2D eigenvalue weighted by molar-refractivity contribution is 6.04. The molecule has 1 aliphatic rings. The van der Waals surface area contributed by atoms with Crippen LogP contribution in [-0.4, -0.2) is 39.3 Å². The number of fused-ring (bicyclic) bond motifs is 1. The minimum atomic E-state index is -0.525. The lowest BCUT2D eigenvalue weighted by molar-refractivity contribution is -0.118. The first-order chi connectivity index (χ1) is 9.60. The van der Waals surface area contributed by atoms with Gasteiger partial charge in [-0.2, -0.15) is 0 Å². The molecule has 0 saturated heterocycles. The number of anilines is 2. The monoisotopic (exact) mass is 277 g/mol. The Balaban J connectivity index is 2.20. The molecule has 0 saturated carbocycles. The van der Waals surface area contributed by atoms with Crippen LogP contribution in [0.5, 0.6) is 0 Å². The maximum atomic E-state index is 11.9. The highest BCUT2D eigenvalue weighted by Gasteiger charge is 2.32. The van der Waals surface area contributed by atoms with Crippen molar-refractivity contribution < 1.29 is 9.53 Å². The van der Waals surface area contributed by atoms with Gasteiger partial charge in [0.05, 0.1) is 12.3 Å². The highest BCUT2D eigenvalue weighted by atomic mass is 16.5. The molecule has 1 aromatic carbocycles. The van der Waals surface area contributed by atoms with Crippen LogP contribution in [0.15, 0.2) is 18.2 Å². The summed E-state index contributed by atoms with van der Waals surface area (Å²) in [6.45, 7) is 7.28. The van der Waals surface area contributed by atoms with E-state index in [4.69, 9.17) is 10.5 Å². The van der Waals surface area contributed by atoms with Gasteiger partial charge in [-0.1, -0.05) is 6.07 Å². The van der Waals surface area contributed by atoms with Gasteiger partial charge in [-0.15, -0.1) is 0 Å². The normalized spacial score (nSPS) is 17.5. The van der Waals surface area contributed by atoms with Crippen molar-refractivity contribution in [2.24, 2.45) is 5.73 Å². The molecule has 0 fully saturated rings. The molecule has 1 aliphatic heterocycles. The minimum absolute atomic E-state index is 0.0467. The summed E-state index contributed by atoms with van der Waals surface area (Å²) in [5.41, 5.74) is 8.83. The van der Waals surface area contributed by atoms with Crippen LogP contribution in [0.3, 0.4) is 0 Å². The van der Waals surface area contributed by atoms with Crippen molar-refractivity contribution in [1.29, 1.82) is 0 Å². The lowest BCUT2D eigenvalue weighted by Gasteiger charge is -2.24. The number of hydrogen-bond donors (Lipinski definition) is 1. The Morgan fingerprint density at radius 2 is 2.15 bits per heavy atom. The summed E-state index contributed by atoms with van der Waals surface area (Å²) in [7, 11) is 1.77. The first kappa shape index (κ1) is 14.8. The van der Waals surface area contributed by atoms with Crippen molar-refractivity contribution in [3.8, 4) is 0 Å². The summed E-state index contributed by atoms with van der Waals surface area (Å²) < 4.78 is 5.41. The van der Waals surface area contributed by atoms with Gasteiger partial charge in [0.25, 0.3) is 0 Å². The number of ether oxygens (including phenoxy) is 1. The van der Waals surface area contributed by atoms with E-state index in [9.17, 15) is 4.79 Å². The maximum absolute atomic E-state index is 11.9. The molecule has 2 rings (SSSR count). The van der Waals surface area contributed by atoms with Gasteiger partial charge in [0, 0.05) is 38.0 Å². The second kappa shape index (κ2) is 6.24. The fourth-order valence-electron chi connectivity index (χ4n) is 2.53. The molecule has 110 valence electrons. The van der Waals surface area contributed by atoms with E-state index in [2.05, 4.69) is 11.8 Å². The van der Waals surface area contributed by atoms with Crippen LogP contribution in [0.4, 0.5) is 11.4 Å². The van der Waals surface area contributed by atoms with Crippen LogP contribution in [0, 0.1) is 0 Å². The van der Waals surface area contributed by atoms with E-state index in [-0.39, 0.29) is 5.91 Å². The average molecular weight is 277 g/mol. The summed E-state index contributed by atoms with van der Waals surface area (Å²) in [5, 5.41) is 0. The highest BCUT2D eigenvalue weighted by Crippen LogP contribution is 2.36. The molecule has 2 N–H and O–H groups in total. The van der Waals surface area contributed by atoms with Crippen molar-refractivity contribution in [1.82, 2.24) is 0 Å². The molecule has 5 nitrogen and oxygen atoms in total. The van der Waals surface area contributed by atoms with Gasteiger partial charge in [-0.25, -0.2) is 0 Å². The lowest BCUT2D eigenvalue weighted by Crippen LogP contribution is -2.28. The third kappa shape index (κ3) is 2.64. The summed E-state index contributed by atoms with van der Waals surface area (Å²) in [4.78, 5) is 15.8. The fourth-order valence-corrected chi connectivity index (χ4v) is 2.53. The number of likely N-dealkylation sites (N-methyl/N-ethyl adjacent to an activating group) is 2. The SMILES string of the molecule is CCOCCN(CC)c1ccc2c(c1)N(C)C(=O)C2N. The quantitative estimate of drug-likeness (QED) is 0.801. The van der Waals surface area contributed by atoms with Gasteiger partial charge in [-0.3, -0.25) is 4.79 Å². The fraction of sp³-hybridized carbons (Fsp3) is 0.533. The van der Waals surface area contributed by atoms with E-state index < -0.39 is 6.04 Å². The number of carbonyl (C=O) groups excluding carboxylic acids is 1. The molecule has 0 aromatic heterocycles. The van der Waals surface area contributed by atoms with Crippen LogP contribution in [-0.2, 0) is 9.53 Å². The molecule has 1 heterocycles. The van der Waals surface area contributed by atoms with Crippen molar-refractivity contribution in [3.63, 3.8) is 0 Å². The number of amides is 1. The van der Waals surface area contributed by atoms with E-state index in [1.165, 1.54) is 0 Å². The molecule has 0 aliphatic carbocycles. The summed E-state index contributed by atoms with van der Waals surface area (Å²) in [6.07, 6.45) is 0. The standard InChI is InChI=1S/C15H23N3O2/c1-4-18(8-9-20-5-2)11-6-7-12-13(10-11)17(3)15(19)14(12)16/h6-7,10,14H,4-5,8-9,16H2,1-3H3. The molecular weight excluding hydrogens is 254 g/mol. The lowest BCUT2D eigenvalue weighted by atomic mass is 10.1. The van der Waals surface area contributed by atoms with E-state index in [1.807, 2.05) is 25.1 Å². The van der Waals surface area contributed by atoms with Crippen LogP contribution in [0.2, 0.25) is 0 Å². The number of hydrogen-bond acceptors (Lipinski definition) is 4. The molecular formula is C15H23N3O2. The molecule has 0 spiro atoms. The third-order valence-corrected chi connectivity index (χ3v) is 3.76. The zero-order valence-corrected chi connectivity index (χ0v) is 12.4. The van der Waals surface area contributed by atoms with E-state index in [0.29, 0.717) is 6.61 Å². The molecule has 1 unspecified atom stereocenters. The summed E-state index contributed by atoms with van der Waals surface area (Å²) in [5.74, 6) is -0.0467. The Morgan fingerprint density at radius 1 is 1.40 bits per heavy atom. The van der Waals surface area contributed by atoms with Crippen LogP contribution in [0.1, 0.15) is 25.5 Å². The Kier molecular flexibility index (Phi) is 4.62. The zero-order valence-electron chi connectivity index (χ0n) is 12.4. The summed E-state index contributed by atoms with van der Waals surface area (Å²) >= 11 is 0. The Hall–Kier alpha value is -1.59. The molecule has 20 heavy (non-hydrogen) atoms. The first-order valence-corrected chi connectivity index (χ1v) is 7.09. The smallest absolute Gasteiger partial charge is 0.248 e. The Bertz CT molecular complexity index is 490. The molecule has 1 aromatic rings. The zero-order chi connectivity index (χ0) is 14.7. The molecule has 0 radical (unpaired) electrons. The number of rotatable bonds is 6. The molecule has 0 bridgehead atoms. The van der Waals surface area contributed by atoms with Crippen molar-refractivity contribution in [2.45, 2.75) is 19.9 Å². The van der Waals surface area contributed by atoms with Crippen LogP contribution >= 0.6 is 0 Å². The van der Waals surface area contributed by atoms with Crippen molar-refractivity contribution in [3.05, 3.63) is 23.8 Å². The predicted molar refractivity (Wildman–Crippen MR) is 81.2 cm³/mol. The molecule has 1 atom stereocenters. The van der Waals surface area contributed by atoms with Gasteiger partial charge in [0.2, 0.25) is 5.91 Å². The van der Waals surface area contributed by atoms with Crippen molar-refractivity contribution >= 4 is 17.3 Å². The van der Waals surface area contributed by atoms with Crippen LogP contribution < -0.4 is 15.5 Å². The maximum Gasteiger partial charge on any atom is 0.248 e. The van der Waals surface area contributed by atoms with Gasteiger partial charge in [-0.05, 0) is 26.0 Å². The minimum Gasteiger partial charge on any atom is -0.380 e. The number of nitrogens with two attached hydrogens (primary N) is 1. The van der Waals surface area contributed by atoms with E-state index >= 15 is 0 Å². The van der Waals surface area contributed by atoms with Crippen molar-refractivity contribution in [2.75, 3.05) is 43.2 Å².